The molecular weight excluding hydrogens is 362 g/mol. The van der Waals surface area contributed by atoms with Crippen LogP contribution in [0.15, 0.2) is 18.2 Å². The molecule has 2 saturated heterocycles. The number of likely N-dealkylation sites (tertiary alicyclic amines) is 1. The average molecular weight is 391 g/mol. The van der Waals surface area contributed by atoms with E-state index in [1.165, 1.54) is 6.92 Å². The number of hydrogen-bond acceptors (Lipinski definition) is 6. The number of Topliss-reactive ketones (excluding diaryl/α,β-unsaturated/α-hetero) is 1. The molecule has 0 saturated carbocycles. The minimum Gasteiger partial charge on any atom is -0.493 e. The lowest BCUT2D eigenvalue weighted by Gasteiger charge is -2.38. The van der Waals surface area contributed by atoms with Gasteiger partial charge in [0.15, 0.2) is 23.6 Å². The Balaban J connectivity index is 1.49. The molecule has 0 radical (unpaired) electrons. The van der Waals surface area contributed by atoms with Gasteiger partial charge in [0, 0.05) is 18.5 Å². The van der Waals surface area contributed by atoms with Crippen LogP contribution in [0, 0.1) is 0 Å². The van der Waals surface area contributed by atoms with E-state index >= 15 is 0 Å². The summed E-state index contributed by atoms with van der Waals surface area (Å²) in [6.07, 6.45) is 3.77. The lowest BCUT2D eigenvalue weighted by molar-refractivity contribution is -0.150. The Hall–Kier alpha value is -2.12. The summed E-state index contributed by atoms with van der Waals surface area (Å²) in [6, 6.07) is 5.13. The second-order valence-corrected chi connectivity index (χ2v) is 7.13. The molecule has 154 valence electrons. The number of ketones is 1. The second kappa shape index (κ2) is 9.89. The van der Waals surface area contributed by atoms with Crippen molar-refractivity contribution in [3.05, 3.63) is 23.8 Å². The smallest absolute Gasteiger partial charge is 0.223 e. The van der Waals surface area contributed by atoms with E-state index < -0.39 is 0 Å². The van der Waals surface area contributed by atoms with Crippen LogP contribution >= 0.6 is 0 Å². The fourth-order valence-electron chi connectivity index (χ4n) is 3.70. The van der Waals surface area contributed by atoms with Gasteiger partial charge in [-0.1, -0.05) is 0 Å². The van der Waals surface area contributed by atoms with Gasteiger partial charge in [-0.2, -0.15) is 0 Å². The number of ether oxygens (including phenoxy) is 4. The molecule has 2 aliphatic rings. The van der Waals surface area contributed by atoms with Gasteiger partial charge in [-0.05, 0) is 50.8 Å². The van der Waals surface area contributed by atoms with E-state index in [1.807, 2.05) is 4.90 Å². The summed E-state index contributed by atoms with van der Waals surface area (Å²) in [4.78, 5) is 26.1. The summed E-state index contributed by atoms with van der Waals surface area (Å²) >= 11 is 0. The number of benzene rings is 1. The van der Waals surface area contributed by atoms with Crippen molar-refractivity contribution in [3.63, 3.8) is 0 Å². The molecule has 28 heavy (non-hydrogen) atoms. The molecule has 0 N–H and O–H groups in total. The molecule has 2 fully saturated rings. The van der Waals surface area contributed by atoms with E-state index in [2.05, 4.69) is 0 Å². The van der Waals surface area contributed by atoms with E-state index in [4.69, 9.17) is 18.9 Å². The molecule has 1 aromatic rings. The highest BCUT2D eigenvalue weighted by atomic mass is 16.7. The van der Waals surface area contributed by atoms with E-state index in [9.17, 15) is 9.59 Å². The van der Waals surface area contributed by atoms with Gasteiger partial charge in [0.2, 0.25) is 5.91 Å². The Morgan fingerprint density at radius 3 is 2.68 bits per heavy atom. The number of rotatable bonds is 8. The molecular formula is C21H29NO6. The van der Waals surface area contributed by atoms with E-state index in [-0.39, 0.29) is 24.0 Å². The van der Waals surface area contributed by atoms with Gasteiger partial charge in [-0.15, -0.1) is 0 Å². The van der Waals surface area contributed by atoms with Crippen LogP contribution in [0.25, 0.3) is 0 Å². The van der Waals surface area contributed by atoms with Gasteiger partial charge in [0.25, 0.3) is 0 Å². The van der Waals surface area contributed by atoms with Gasteiger partial charge in [0.05, 0.1) is 33.0 Å². The normalized spacial score (nSPS) is 20.2. The molecule has 0 bridgehead atoms. The number of amides is 1. The second-order valence-electron chi connectivity index (χ2n) is 7.13. The van der Waals surface area contributed by atoms with E-state index in [0.29, 0.717) is 49.7 Å². The topological polar surface area (TPSA) is 74.3 Å². The predicted molar refractivity (Wildman–Crippen MR) is 103 cm³/mol. The van der Waals surface area contributed by atoms with Crippen LogP contribution in [-0.4, -0.2) is 62.4 Å². The fraction of sp³-hybridized carbons (Fsp3) is 0.619. The van der Waals surface area contributed by atoms with Crippen molar-refractivity contribution in [1.82, 2.24) is 4.90 Å². The Labute approximate surface area is 165 Å². The zero-order valence-corrected chi connectivity index (χ0v) is 16.6. The van der Waals surface area contributed by atoms with Gasteiger partial charge >= 0.3 is 0 Å². The first-order valence-electron chi connectivity index (χ1n) is 9.94. The first kappa shape index (κ1) is 20.6. The summed E-state index contributed by atoms with van der Waals surface area (Å²) in [5.41, 5.74) is 0.576. The van der Waals surface area contributed by atoms with Crippen molar-refractivity contribution in [2.24, 2.45) is 0 Å². The number of nitrogens with zero attached hydrogens (tertiary/aromatic N) is 1. The van der Waals surface area contributed by atoms with Gasteiger partial charge in [-0.25, -0.2) is 0 Å². The summed E-state index contributed by atoms with van der Waals surface area (Å²) in [7, 11) is 1.54. The lowest BCUT2D eigenvalue weighted by atomic mass is 10.0. The van der Waals surface area contributed by atoms with Crippen LogP contribution in [0.1, 0.15) is 49.4 Å². The maximum absolute atomic E-state index is 12.7. The maximum atomic E-state index is 12.7. The number of carbonyl (C=O) groups is 2. The van der Waals surface area contributed by atoms with Gasteiger partial charge in [-0.3, -0.25) is 9.59 Å². The predicted octanol–water partition coefficient (Wildman–Crippen LogP) is 2.81. The fourth-order valence-corrected chi connectivity index (χ4v) is 3.70. The number of carbonyl (C=O) groups excluding carboxylic acids is 2. The Kier molecular flexibility index (Phi) is 7.28. The number of methoxy groups -OCH3 is 1. The van der Waals surface area contributed by atoms with Crippen LogP contribution in [-0.2, 0) is 14.3 Å². The molecule has 7 nitrogen and oxygen atoms in total. The highest BCUT2D eigenvalue weighted by Crippen LogP contribution is 2.29. The Morgan fingerprint density at radius 2 is 1.96 bits per heavy atom. The zero-order valence-electron chi connectivity index (χ0n) is 16.6. The minimum absolute atomic E-state index is 0.0175. The maximum Gasteiger partial charge on any atom is 0.223 e. The molecule has 0 spiro atoms. The monoisotopic (exact) mass is 391 g/mol. The Morgan fingerprint density at radius 1 is 1.18 bits per heavy atom. The van der Waals surface area contributed by atoms with Crippen molar-refractivity contribution in [3.8, 4) is 11.5 Å². The number of piperidine rings is 1. The lowest BCUT2D eigenvalue weighted by Crippen LogP contribution is -2.50. The molecule has 3 rings (SSSR count). The first-order valence-corrected chi connectivity index (χ1v) is 9.94. The standard InChI is InChI=1S/C21H29NO6/c1-15(23)16-8-9-18(19(14-16)25-2)26-11-5-7-20(24)22-10-4-3-6-17(22)21-27-12-13-28-21/h8-9,14,17,21H,3-7,10-13H2,1-2H3. The van der Waals surface area contributed by atoms with E-state index in [1.54, 1.807) is 25.3 Å². The van der Waals surface area contributed by atoms with Crippen molar-refractivity contribution in [1.29, 1.82) is 0 Å². The molecule has 1 atom stereocenters. The molecule has 1 amide bonds. The van der Waals surface area contributed by atoms with Crippen LogP contribution < -0.4 is 9.47 Å². The molecule has 2 aliphatic heterocycles. The molecule has 7 heteroatoms. The summed E-state index contributed by atoms with van der Waals surface area (Å²) < 4.78 is 22.3. The average Bonchev–Trinajstić information content (AvgIpc) is 3.25. The first-order chi connectivity index (χ1) is 13.6. The summed E-state index contributed by atoms with van der Waals surface area (Å²) in [6.45, 7) is 3.86. The highest BCUT2D eigenvalue weighted by molar-refractivity contribution is 5.94. The zero-order chi connectivity index (χ0) is 19.9. The van der Waals surface area contributed by atoms with Crippen molar-refractivity contribution in [2.45, 2.75) is 51.4 Å². The molecule has 0 aliphatic carbocycles. The highest BCUT2D eigenvalue weighted by Gasteiger charge is 2.35. The third-order valence-electron chi connectivity index (χ3n) is 5.19. The molecule has 0 aromatic heterocycles. The quantitative estimate of drug-likeness (QED) is 0.501. The van der Waals surface area contributed by atoms with Crippen molar-refractivity contribution >= 4 is 11.7 Å². The Bertz CT molecular complexity index is 685. The largest absolute Gasteiger partial charge is 0.493 e. The van der Waals surface area contributed by atoms with Crippen LogP contribution in [0.4, 0.5) is 0 Å². The molecule has 1 unspecified atom stereocenters. The SMILES string of the molecule is COc1cc(C(C)=O)ccc1OCCCC(=O)N1CCCCC1C1OCCO1. The third kappa shape index (κ3) is 5.02. The van der Waals surface area contributed by atoms with Crippen LogP contribution in [0.3, 0.4) is 0 Å². The van der Waals surface area contributed by atoms with Gasteiger partial charge < -0.3 is 23.8 Å². The van der Waals surface area contributed by atoms with Gasteiger partial charge in [0.1, 0.15) is 0 Å². The van der Waals surface area contributed by atoms with Crippen LogP contribution in [0.2, 0.25) is 0 Å². The summed E-state index contributed by atoms with van der Waals surface area (Å²) in [5.74, 6) is 1.18. The minimum atomic E-state index is -0.287. The summed E-state index contributed by atoms with van der Waals surface area (Å²) in [5, 5.41) is 0. The molecule has 1 aromatic carbocycles. The van der Waals surface area contributed by atoms with Crippen LogP contribution in [0.5, 0.6) is 11.5 Å². The van der Waals surface area contributed by atoms with E-state index in [0.717, 1.165) is 25.8 Å². The number of hydrogen-bond donors (Lipinski definition) is 0. The van der Waals surface area contributed by atoms with Crippen molar-refractivity contribution < 1.29 is 28.5 Å². The third-order valence-corrected chi connectivity index (χ3v) is 5.19. The van der Waals surface area contributed by atoms with Crippen molar-refractivity contribution in [2.75, 3.05) is 33.5 Å². The molecule has 2 heterocycles.